The molecule has 7 rings (SSSR count). The van der Waals surface area contributed by atoms with Crippen molar-refractivity contribution in [3.8, 4) is 39.7 Å². The van der Waals surface area contributed by atoms with Gasteiger partial charge in [0.1, 0.15) is 46.1 Å². The van der Waals surface area contributed by atoms with Crippen LogP contribution in [0, 0.1) is 18.6 Å². The normalized spacial score (nSPS) is 13.2. The van der Waals surface area contributed by atoms with Crippen LogP contribution in [-0.4, -0.2) is 35.8 Å². The molecule has 0 saturated heterocycles. The average molecular weight is 660 g/mol. The molecule has 0 spiro atoms. The molecule has 0 aliphatic heterocycles. The summed E-state index contributed by atoms with van der Waals surface area (Å²) in [5.74, 6) is 0.412. The molecule has 2 aromatic heterocycles. The number of aromatic nitrogens is 2. The van der Waals surface area contributed by atoms with Crippen molar-refractivity contribution in [2.75, 3.05) is 14.2 Å². The number of nitrogens with one attached hydrogen (secondary N) is 1. The molecule has 1 fully saturated rings. The number of amides is 1. The predicted octanol–water partition coefficient (Wildman–Crippen LogP) is 8.61. The van der Waals surface area contributed by atoms with E-state index in [2.05, 4.69) is 15.3 Å². The van der Waals surface area contributed by atoms with E-state index < -0.39 is 17.1 Å². The van der Waals surface area contributed by atoms with Crippen molar-refractivity contribution in [3.05, 3.63) is 125 Å². The minimum absolute atomic E-state index is 0.0137. The minimum Gasteiger partial charge on any atom is -0.496 e. The van der Waals surface area contributed by atoms with Crippen molar-refractivity contribution in [1.29, 1.82) is 0 Å². The van der Waals surface area contributed by atoms with E-state index in [9.17, 15) is 14.0 Å². The van der Waals surface area contributed by atoms with Crippen LogP contribution in [0.5, 0.6) is 17.2 Å². The van der Waals surface area contributed by atoms with Crippen molar-refractivity contribution in [2.24, 2.45) is 0 Å². The van der Waals surface area contributed by atoms with E-state index in [0.29, 0.717) is 45.3 Å². The number of benzene rings is 4. The van der Waals surface area contributed by atoms with Crippen LogP contribution in [0.4, 0.5) is 8.78 Å². The molecule has 0 radical (unpaired) electrons. The molecular formula is C39H31F2N3O5. The van der Waals surface area contributed by atoms with Crippen LogP contribution in [0.2, 0.25) is 0 Å². The van der Waals surface area contributed by atoms with Crippen LogP contribution in [0.1, 0.15) is 51.4 Å². The summed E-state index contributed by atoms with van der Waals surface area (Å²) in [6, 6.07) is 20.7. The number of rotatable bonds is 10. The van der Waals surface area contributed by atoms with Gasteiger partial charge in [0.2, 0.25) is 0 Å². The van der Waals surface area contributed by atoms with Gasteiger partial charge < -0.3 is 19.2 Å². The number of halogens is 2. The van der Waals surface area contributed by atoms with Crippen molar-refractivity contribution >= 4 is 22.7 Å². The Hall–Kier alpha value is -5.90. The van der Waals surface area contributed by atoms with Gasteiger partial charge in [-0.2, -0.15) is 0 Å². The van der Waals surface area contributed by atoms with Gasteiger partial charge >= 0.3 is 0 Å². The topological polar surface area (TPSA) is 104 Å². The van der Waals surface area contributed by atoms with E-state index in [1.807, 2.05) is 6.92 Å². The van der Waals surface area contributed by atoms with Crippen LogP contribution in [0.3, 0.4) is 0 Å². The monoisotopic (exact) mass is 659 g/mol. The maximum Gasteiger partial charge on any atom is 0.255 e. The van der Waals surface area contributed by atoms with Crippen LogP contribution in [0.25, 0.3) is 33.4 Å². The Labute approximate surface area is 280 Å². The third-order valence-corrected chi connectivity index (χ3v) is 8.94. The summed E-state index contributed by atoms with van der Waals surface area (Å²) in [6.07, 6.45) is 5.13. The number of hydrogen-bond donors (Lipinski definition) is 1. The number of aryl methyl sites for hydroxylation is 1. The fourth-order valence-corrected chi connectivity index (χ4v) is 6.18. The van der Waals surface area contributed by atoms with Crippen molar-refractivity contribution in [2.45, 2.75) is 31.6 Å². The molecule has 1 aliphatic rings. The van der Waals surface area contributed by atoms with Crippen LogP contribution in [-0.2, 0) is 5.41 Å². The summed E-state index contributed by atoms with van der Waals surface area (Å²) < 4.78 is 47.6. The number of carbonyl (C=O) groups is 2. The second kappa shape index (κ2) is 12.6. The Kier molecular flexibility index (Phi) is 8.15. The standard InChI is InChI=1S/C39H31F2N3O5/c1-22-19-32(47-3)29(30(45)21-39(15-16-39)38-43-17-4-18-44-38)20-28(22)27-13-14-31-33(35(27)41)34(37(46)42-2)36(49-31)23-5-9-25(10-6-23)48-26-11-7-24(40)8-12-26/h4-14,17-20H,15-16,21H2,1-3H3,(H,42,46). The molecule has 4 aromatic carbocycles. The molecule has 10 heteroatoms. The van der Waals surface area contributed by atoms with E-state index in [1.165, 1.54) is 38.4 Å². The predicted molar refractivity (Wildman–Crippen MR) is 180 cm³/mol. The Morgan fingerprint density at radius 3 is 2.22 bits per heavy atom. The molecule has 1 saturated carbocycles. The second-order valence-corrected chi connectivity index (χ2v) is 12.1. The maximum absolute atomic E-state index is 16.8. The van der Waals surface area contributed by atoms with Crippen molar-refractivity contribution < 1.29 is 32.3 Å². The lowest BCUT2D eigenvalue weighted by atomic mass is 9.90. The summed E-state index contributed by atoms with van der Waals surface area (Å²) in [5, 5.41) is 2.62. The molecule has 246 valence electrons. The molecule has 0 atom stereocenters. The smallest absolute Gasteiger partial charge is 0.255 e. The number of hydrogen-bond acceptors (Lipinski definition) is 7. The number of fused-ring (bicyclic) bond motifs is 1. The fraction of sp³-hybridized carbons (Fsp3) is 0.179. The summed E-state index contributed by atoms with van der Waals surface area (Å²) in [7, 11) is 2.96. The van der Waals surface area contributed by atoms with E-state index in [4.69, 9.17) is 13.9 Å². The van der Waals surface area contributed by atoms with Gasteiger partial charge in [0.25, 0.3) is 5.91 Å². The van der Waals surface area contributed by atoms with E-state index in [1.54, 1.807) is 67.0 Å². The minimum atomic E-state index is -0.662. The van der Waals surface area contributed by atoms with Crippen LogP contribution < -0.4 is 14.8 Å². The average Bonchev–Trinajstić information content (AvgIpc) is 3.80. The van der Waals surface area contributed by atoms with Gasteiger partial charge in [-0.25, -0.2) is 18.7 Å². The van der Waals surface area contributed by atoms with E-state index in [0.717, 1.165) is 12.8 Å². The summed E-state index contributed by atoms with van der Waals surface area (Å²) in [4.78, 5) is 35.9. The number of methoxy groups -OCH3 is 1. The lowest BCUT2D eigenvalue weighted by Crippen LogP contribution is -2.18. The first-order valence-electron chi connectivity index (χ1n) is 15.7. The largest absolute Gasteiger partial charge is 0.496 e. The fourth-order valence-electron chi connectivity index (χ4n) is 6.18. The molecule has 0 unspecified atom stereocenters. The third-order valence-electron chi connectivity index (χ3n) is 8.94. The lowest BCUT2D eigenvalue weighted by Gasteiger charge is -2.17. The highest BCUT2D eigenvalue weighted by Crippen LogP contribution is 2.50. The first kappa shape index (κ1) is 31.7. The van der Waals surface area contributed by atoms with Gasteiger partial charge in [0, 0.05) is 42.4 Å². The van der Waals surface area contributed by atoms with Gasteiger partial charge in [0.05, 0.1) is 23.6 Å². The second-order valence-electron chi connectivity index (χ2n) is 12.1. The highest BCUT2D eigenvalue weighted by molar-refractivity contribution is 6.12. The Bertz CT molecular complexity index is 2210. The Morgan fingerprint density at radius 1 is 0.918 bits per heavy atom. The van der Waals surface area contributed by atoms with Gasteiger partial charge in [-0.15, -0.1) is 0 Å². The number of ketones is 1. The summed E-state index contributed by atoms with van der Waals surface area (Å²) >= 11 is 0. The summed E-state index contributed by atoms with van der Waals surface area (Å²) in [6.45, 7) is 1.81. The van der Waals surface area contributed by atoms with Gasteiger partial charge in [-0.3, -0.25) is 9.59 Å². The van der Waals surface area contributed by atoms with Crippen molar-refractivity contribution in [1.82, 2.24) is 15.3 Å². The molecule has 6 aromatic rings. The first-order chi connectivity index (χ1) is 23.7. The zero-order chi connectivity index (χ0) is 34.3. The molecule has 8 nitrogen and oxygen atoms in total. The number of ether oxygens (including phenoxy) is 2. The molecule has 49 heavy (non-hydrogen) atoms. The highest BCUT2D eigenvalue weighted by atomic mass is 19.1. The van der Waals surface area contributed by atoms with E-state index >= 15 is 4.39 Å². The highest BCUT2D eigenvalue weighted by Gasteiger charge is 2.48. The number of furan rings is 1. The van der Waals surface area contributed by atoms with Crippen LogP contribution >= 0.6 is 0 Å². The Balaban J connectivity index is 1.27. The molecule has 1 N–H and O–H groups in total. The molecular weight excluding hydrogens is 628 g/mol. The zero-order valence-electron chi connectivity index (χ0n) is 27.0. The van der Waals surface area contributed by atoms with Gasteiger partial charge in [-0.05, 0) is 110 Å². The van der Waals surface area contributed by atoms with Gasteiger partial charge in [0.15, 0.2) is 5.78 Å². The van der Waals surface area contributed by atoms with Crippen molar-refractivity contribution in [3.63, 3.8) is 0 Å². The van der Waals surface area contributed by atoms with E-state index in [-0.39, 0.29) is 45.9 Å². The zero-order valence-corrected chi connectivity index (χ0v) is 27.0. The maximum atomic E-state index is 16.8. The number of carbonyl (C=O) groups excluding carboxylic acids is 2. The molecule has 2 heterocycles. The first-order valence-corrected chi connectivity index (χ1v) is 15.7. The molecule has 1 aliphatic carbocycles. The quantitative estimate of drug-likeness (QED) is 0.147. The third kappa shape index (κ3) is 5.90. The number of Topliss-reactive ketones (excluding diaryl/α,β-unsaturated/α-hetero) is 1. The SMILES string of the molecule is CNC(=O)c1c(-c2ccc(Oc3ccc(F)cc3)cc2)oc2ccc(-c3cc(C(=O)CC4(c5ncccn5)CC4)c(OC)cc3C)c(F)c12. The van der Waals surface area contributed by atoms with Gasteiger partial charge in [-0.1, -0.05) is 0 Å². The summed E-state index contributed by atoms with van der Waals surface area (Å²) in [5.41, 5.74) is 2.00. The molecule has 0 bridgehead atoms. The Morgan fingerprint density at radius 2 is 1.59 bits per heavy atom. The van der Waals surface area contributed by atoms with Crippen LogP contribution in [0.15, 0.2) is 95.7 Å². The number of nitrogens with zero attached hydrogens (tertiary/aromatic N) is 2. The molecule has 1 amide bonds. The lowest BCUT2D eigenvalue weighted by molar-refractivity contribution is 0.0956.